The number of carbonyl (C=O) groups is 1. The van der Waals surface area contributed by atoms with Gasteiger partial charge in [-0.2, -0.15) is 0 Å². The van der Waals surface area contributed by atoms with E-state index >= 15 is 0 Å². The maximum atomic E-state index is 12.3. The summed E-state index contributed by atoms with van der Waals surface area (Å²) >= 11 is 0. The Kier molecular flexibility index (Phi) is 7.46. The molecule has 1 saturated heterocycles. The molecular formula is C23H31N3O2. The topological polar surface area (TPSA) is 44.8 Å². The lowest BCUT2D eigenvalue weighted by Gasteiger charge is -2.39. The highest BCUT2D eigenvalue weighted by molar-refractivity contribution is 5.80. The Morgan fingerprint density at radius 1 is 0.964 bits per heavy atom. The second kappa shape index (κ2) is 10.2. The van der Waals surface area contributed by atoms with Gasteiger partial charge in [-0.15, -0.1) is 0 Å². The summed E-state index contributed by atoms with van der Waals surface area (Å²) in [4.78, 5) is 17.2. The van der Waals surface area contributed by atoms with E-state index in [1.165, 1.54) is 5.69 Å². The average molecular weight is 382 g/mol. The molecule has 3 rings (SSSR count). The van der Waals surface area contributed by atoms with Crippen molar-refractivity contribution in [3.63, 3.8) is 0 Å². The SMILES string of the molecule is C[C@H](OCc1ccccc1)C(=O)NC[C@H](C)N1CCN(c2ccccc2)CC1. The minimum Gasteiger partial charge on any atom is -0.369 e. The summed E-state index contributed by atoms with van der Waals surface area (Å²) in [6, 6.07) is 20.8. The summed E-state index contributed by atoms with van der Waals surface area (Å²) in [5.74, 6) is -0.0503. The Bertz CT molecular complexity index is 715. The molecular weight excluding hydrogens is 350 g/mol. The van der Waals surface area contributed by atoms with Gasteiger partial charge in [0.25, 0.3) is 0 Å². The summed E-state index contributed by atoms with van der Waals surface area (Å²) in [6.07, 6.45) is -0.456. The van der Waals surface area contributed by atoms with E-state index < -0.39 is 6.10 Å². The number of amides is 1. The molecule has 0 bridgehead atoms. The van der Waals surface area contributed by atoms with Gasteiger partial charge in [0.15, 0.2) is 0 Å². The van der Waals surface area contributed by atoms with Gasteiger partial charge in [-0.1, -0.05) is 48.5 Å². The minimum atomic E-state index is -0.456. The van der Waals surface area contributed by atoms with Crippen molar-refractivity contribution >= 4 is 11.6 Å². The van der Waals surface area contributed by atoms with E-state index in [-0.39, 0.29) is 5.91 Å². The van der Waals surface area contributed by atoms with Crippen LogP contribution in [0.5, 0.6) is 0 Å². The number of para-hydroxylation sites is 1. The summed E-state index contributed by atoms with van der Waals surface area (Å²) in [6.45, 7) is 9.11. The van der Waals surface area contributed by atoms with Crippen LogP contribution in [-0.2, 0) is 16.1 Å². The number of hydrogen-bond acceptors (Lipinski definition) is 4. The fourth-order valence-corrected chi connectivity index (χ4v) is 3.45. The lowest BCUT2D eigenvalue weighted by molar-refractivity contribution is -0.132. The van der Waals surface area contributed by atoms with Crippen LogP contribution in [0.3, 0.4) is 0 Å². The van der Waals surface area contributed by atoms with Crippen LogP contribution in [0.4, 0.5) is 5.69 Å². The van der Waals surface area contributed by atoms with Crippen molar-refractivity contribution in [1.29, 1.82) is 0 Å². The van der Waals surface area contributed by atoms with Gasteiger partial charge in [0.05, 0.1) is 6.61 Å². The molecule has 0 aliphatic carbocycles. The highest BCUT2D eigenvalue weighted by Gasteiger charge is 2.22. The zero-order valence-electron chi connectivity index (χ0n) is 16.9. The molecule has 2 atom stereocenters. The van der Waals surface area contributed by atoms with Crippen LogP contribution in [0.2, 0.25) is 0 Å². The molecule has 28 heavy (non-hydrogen) atoms. The van der Waals surface area contributed by atoms with E-state index in [1.807, 2.05) is 37.3 Å². The monoisotopic (exact) mass is 381 g/mol. The molecule has 5 heteroatoms. The number of anilines is 1. The predicted molar refractivity (Wildman–Crippen MR) is 113 cm³/mol. The van der Waals surface area contributed by atoms with Gasteiger partial charge in [-0.3, -0.25) is 9.69 Å². The van der Waals surface area contributed by atoms with Gasteiger partial charge in [-0.25, -0.2) is 0 Å². The van der Waals surface area contributed by atoms with E-state index in [1.54, 1.807) is 0 Å². The fourth-order valence-electron chi connectivity index (χ4n) is 3.45. The van der Waals surface area contributed by atoms with Crippen LogP contribution in [0, 0.1) is 0 Å². The number of nitrogens with zero attached hydrogens (tertiary/aromatic N) is 2. The Morgan fingerprint density at radius 3 is 2.21 bits per heavy atom. The van der Waals surface area contributed by atoms with E-state index in [0.29, 0.717) is 19.2 Å². The number of rotatable bonds is 8. The molecule has 0 radical (unpaired) electrons. The van der Waals surface area contributed by atoms with Crippen molar-refractivity contribution in [2.24, 2.45) is 0 Å². The zero-order chi connectivity index (χ0) is 19.8. The number of ether oxygens (including phenoxy) is 1. The van der Waals surface area contributed by atoms with Crippen molar-refractivity contribution in [3.05, 3.63) is 66.2 Å². The summed E-state index contributed by atoms with van der Waals surface area (Å²) < 4.78 is 5.70. The lowest BCUT2D eigenvalue weighted by atomic mass is 10.2. The predicted octanol–water partition coefficient (Wildman–Crippen LogP) is 2.92. The molecule has 2 aromatic carbocycles. The van der Waals surface area contributed by atoms with Crippen LogP contribution in [0.15, 0.2) is 60.7 Å². The first-order chi connectivity index (χ1) is 13.6. The largest absolute Gasteiger partial charge is 0.369 e. The second-order valence-corrected chi connectivity index (χ2v) is 7.39. The van der Waals surface area contributed by atoms with Crippen LogP contribution in [0.1, 0.15) is 19.4 Å². The normalized spacial score (nSPS) is 17.1. The van der Waals surface area contributed by atoms with E-state index in [4.69, 9.17) is 4.74 Å². The van der Waals surface area contributed by atoms with Crippen LogP contribution in [0.25, 0.3) is 0 Å². The molecule has 1 N–H and O–H groups in total. The van der Waals surface area contributed by atoms with Crippen LogP contribution in [-0.4, -0.2) is 55.7 Å². The van der Waals surface area contributed by atoms with Crippen molar-refractivity contribution in [1.82, 2.24) is 10.2 Å². The van der Waals surface area contributed by atoms with Gasteiger partial charge in [0.2, 0.25) is 5.91 Å². The molecule has 150 valence electrons. The standard InChI is InChI=1S/C23H31N3O2/c1-19(25-13-15-26(16-14-25)22-11-7-4-8-12-22)17-24-23(27)20(2)28-18-21-9-5-3-6-10-21/h3-12,19-20H,13-18H2,1-2H3,(H,24,27)/t19-,20-/m0/s1. The Balaban J connectivity index is 1.36. The highest BCUT2D eigenvalue weighted by Crippen LogP contribution is 2.16. The summed E-state index contributed by atoms with van der Waals surface area (Å²) in [7, 11) is 0. The van der Waals surface area contributed by atoms with Crippen molar-refractivity contribution in [2.45, 2.75) is 32.6 Å². The van der Waals surface area contributed by atoms with Crippen LogP contribution < -0.4 is 10.2 Å². The second-order valence-electron chi connectivity index (χ2n) is 7.39. The van der Waals surface area contributed by atoms with Gasteiger partial charge in [-0.05, 0) is 31.5 Å². The Hall–Kier alpha value is -2.37. The number of hydrogen-bond donors (Lipinski definition) is 1. The van der Waals surface area contributed by atoms with Crippen molar-refractivity contribution in [3.8, 4) is 0 Å². The Morgan fingerprint density at radius 2 is 1.57 bits per heavy atom. The highest BCUT2D eigenvalue weighted by atomic mass is 16.5. The molecule has 0 saturated carbocycles. The van der Waals surface area contributed by atoms with Crippen molar-refractivity contribution in [2.75, 3.05) is 37.6 Å². The number of piperazine rings is 1. The molecule has 1 amide bonds. The smallest absolute Gasteiger partial charge is 0.248 e. The summed E-state index contributed by atoms with van der Waals surface area (Å²) in [5.41, 5.74) is 2.36. The van der Waals surface area contributed by atoms with Gasteiger partial charge < -0.3 is 15.0 Å². The van der Waals surface area contributed by atoms with Gasteiger partial charge in [0.1, 0.15) is 6.10 Å². The molecule has 0 aromatic heterocycles. The van der Waals surface area contributed by atoms with Crippen molar-refractivity contribution < 1.29 is 9.53 Å². The molecule has 1 aliphatic heterocycles. The fraction of sp³-hybridized carbons (Fsp3) is 0.435. The van der Waals surface area contributed by atoms with E-state index in [0.717, 1.165) is 31.7 Å². The molecule has 0 unspecified atom stereocenters. The van der Waals surface area contributed by atoms with Crippen LogP contribution >= 0.6 is 0 Å². The Labute approximate surface area is 168 Å². The number of benzene rings is 2. The number of nitrogens with one attached hydrogen (secondary N) is 1. The van der Waals surface area contributed by atoms with Gasteiger partial charge in [0, 0.05) is 44.5 Å². The molecule has 0 spiro atoms. The number of carbonyl (C=O) groups excluding carboxylic acids is 1. The van der Waals surface area contributed by atoms with Gasteiger partial charge >= 0.3 is 0 Å². The first-order valence-electron chi connectivity index (χ1n) is 10.1. The zero-order valence-corrected chi connectivity index (χ0v) is 16.9. The molecule has 5 nitrogen and oxygen atoms in total. The van der Waals surface area contributed by atoms with E-state index in [2.05, 4.69) is 52.4 Å². The third-order valence-electron chi connectivity index (χ3n) is 5.34. The third-order valence-corrected chi connectivity index (χ3v) is 5.34. The third kappa shape index (κ3) is 5.81. The lowest BCUT2D eigenvalue weighted by Crippen LogP contribution is -2.53. The molecule has 1 fully saturated rings. The minimum absolute atomic E-state index is 0.0503. The maximum Gasteiger partial charge on any atom is 0.248 e. The maximum absolute atomic E-state index is 12.3. The van der Waals surface area contributed by atoms with E-state index in [9.17, 15) is 4.79 Å². The first-order valence-corrected chi connectivity index (χ1v) is 10.1. The molecule has 1 heterocycles. The average Bonchev–Trinajstić information content (AvgIpc) is 2.77. The molecule has 1 aliphatic rings. The first kappa shape index (κ1) is 20.4. The summed E-state index contributed by atoms with van der Waals surface area (Å²) in [5, 5.41) is 3.04. The molecule has 2 aromatic rings. The quantitative estimate of drug-likeness (QED) is 0.764.